The van der Waals surface area contributed by atoms with Crippen molar-refractivity contribution >= 4 is 18.1 Å². The van der Waals surface area contributed by atoms with Gasteiger partial charge in [0.15, 0.2) is 6.04 Å². The van der Waals surface area contributed by atoms with Crippen LogP contribution in [0.2, 0.25) is 0 Å². The fourth-order valence-corrected chi connectivity index (χ4v) is 1.74. The summed E-state index contributed by atoms with van der Waals surface area (Å²) in [6.45, 7) is 2.01. The molecule has 2 heterocycles. The summed E-state index contributed by atoms with van der Waals surface area (Å²) in [5.74, 6) is 0.168. The maximum atomic E-state index is 11.6. The van der Waals surface area contributed by atoms with Crippen LogP contribution in [0.15, 0.2) is 29.4 Å². The predicted octanol–water partition coefficient (Wildman–Crippen LogP) is 0.283. The molecule has 0 saturated heterocycles. The number of hydrogen-bond donors (Lipinski definition) is 0. The third kappa shape index (κ3) is 1.64. The smallest absolute Gasteiger partial charge is 0.333 e. The Labute approximate surface area is 93.1 Å². The summed E-state index contributed by atoms with van der Waals surface area (Å²) in [6, 6.07) is -1.34. The Kier molecular flexibility index (Phi) is 2.85. The fourth-order valence-electron chi connectivity index (χ4n) is 1.74. The number of amidine groups is 1. The second-order valence-electron chi connectivity index (χ2n) is 3.42. The van der Waals surface area contributed by atoms with E-state index >= 15 is 0 Å². The molecule has 2 unspecified atom stereocenters. The first-order chi connectivity index (χ1) is 7.77. The number of rotatable bonds is 3. The average molecular weight is 220 g/mol. The van der Waals surface area contributed by atoms with Crippen LogP contribution < -0.4 is 0 Å². The van der Waals surface area contributed by atoms with Gasteiger partial charge < -0.3 is 14.4 Å². The van der Waals surface area contributed by atoms with Gasteiger partial charge in [-0.2, -0.15) is 0 Å². The predicted molar refractivity (Wildman–Crippen MR) is 57.8 cm³/mol. The summed E-state index contributed by atoms with van der Waals surface area (Å²) in [4.78, 5) is 28.5. The highest BCUT2D eigenvalue weighted by Crippen LogP contribution is 2.21. The van der Waals surface area contributed by atoms with Crippen LogP contribution in [0.4, 0.5) is 0 Å². The standard InChI is InChI=1S/C11H12N2O3/c1-2-16-11(15)10-8(7-14)13-6-4-3-5-9(13)12-10/h3-8,10H,2H2,1H3. The van der Waals surface area contributed by atoms with E-state index in [2.05, 4.69) is 4.99 Å². The number of fused-ring (bicyclic) bond motifs is 1. The maximum Gasteiger partial charge on any atom is 0.333 e. The van der Waals surface area contributed by atoms with Crippen molar-refractivity contribution < 1.29 is 14.3 Å². The second-order valence-corrected chi connectivity index (χ2v) is 3.42. The zero-order chi connectivity index (χ0) is 11.5. The number of aliphatic imine (C=N–C) groups is 1. The minimum absolute atomic E-state index is 0.289. The van der Waals surface area contributed by atoms with Gasteiger partial charge in [-0.15, -0.1) is 0 Å². The van der Waals surface area contributed by atoms with E-state index in [9.17, 15) is 9.59 Å². The lowest BCUT2D eigenvalue weighted by atomic mass is 10.1. The number of allylic oxidation sites excluding steroid dienone is 2. The van der Waals surface area contributed by atoms with E-state index < -0.39 is 18.1 Å². The molecule has 16 heavy (non-hydrogen) atoms. The highest BCUT2D eigenvalue weighted by molar-refractivity contribution is 6.02. The second kappa shape index (κ2) is 4.30. The fraction of sp³-hybridized carbons (Fsp3) is 0.364. The molecule has 84 valence electrons. The Morgan fingerprint density at radius 3 is 3.12 bits per heavy atom. The van der Waals surface area contributed by atoms with Gasteiger partial charge >= 0.3 is 5.97 Å². The molecule has 0 saturated carbocycles. The van der Waals surface area contributed by atoms with E-state index in [4.69, 9.17) is 4.74 Å². The first-order valence-electron chi connectivity index (χ1n) is 5.11. The van der Waals surface area contributed by atoms with E-state index in [0.29, 0.717) is 5.84 Å². The van der Waals surface area contributed by atoms with Crippen LogP contribution in [0.5, 0.6) is 0 Å². The van der Waals surface area contributed by atoms with Crippen LogP contribution in [0.1, 0.15) is 6.92 Å². The molecule has 2 aliphatic heterocycles. The molecule has 0 aliphatic carbocycles. The Bertz CT molecular complexity index is 398. The Morgan fingerprint density at radius 1 is 1.62 bits per heavy atom. The normalized spacial score (nSPS) is 26.3. The lowest BCUT2D eigenvalue weighted by Gasteiger charge is -2.22. The molecule has 0 aromatic heterocycles. The van der Waals surface area contributed by atoms with Gasteiger partial charge in [0.05, 0.1) is 6.61 Å². The van der Waals surface area contributed by atoms with Crippen LogP contribution in [0.3, 0.4) is 0 Å². The molecular formula is C11H12N2O3. The Morgan fingerprint density at radius 2 is 2.44 bits per heavy atom. The van der Waals surface area contributed by atoms with Crippen LogP contribution >= 0.6 is 0 Å². The molecule has 5 nitrogen and oxygen atoms in total. The zero-order valence-electron chi connectivity index (χ0n) is 8.87. The van der Waals surface area contributed by atoms with Crippen LogP contribution in [-0.4, -0.2) is 41.7 Å². The molecule has 0 spiro atoms. The van der Waals surface area contributed by atoms with Gasteiger partial charge in [0.2, 0.25) is 0 Å². The third-order valence-electron chi connectivity index (χ3n) is 2.45. The lowest BCUT2D eigenvalue weighted by Crippen LogP contribution is -2.41. The molecular weight excluding hydrogens is 208 g/mol. The van der Waals surface area contributed by atoms with E-state index in [1.807, 2.05) is 6.08 Å². The molecule has 0 bridgehead atoms. The molecule has 2 aliphatic rings. The topological polar surface area (TPSA) is 59.0 Å². The number of ether oxygens (including phenoxy) is 1. The van der Waals surface area contributed by atoms with Crippen LogP contribution in [0.25, 0.3) is 0 Å². The highest BCUT2D eigenvalue weighted by Gasteiger charge is 2.39. The van der Waals surface area contributed by atoms with Gasteiger partial charge in [-0.3, -0.25) is 4.99 Å². The van der Waals surface area contributed by atoms with Crippen molar-refractivity contribution in [3.8, 4) is 0 Å². The number of carbonyl (C=O) groups excluding carboxylic acids is 2. The molecule has 2 atom stereocenters. The monoisotopic (exact) mass is 220 g/mol. The Balaban J connectivity index is 2.23. The largest absolute Gasteiger partial charge is 0.464 e. The van der Waals surface area contributed by atoms with Gasteiger partial charge in [0.1, 0.15) is 18.2 Å². The molecule has 0 fully saturated rings. The number of aldehydes is 1. The number of carbonyl (C=O) groups is 2. The van der Waals surface area contributed by atoms with E-state index in [0.717, 1.165) is 6.29 Å². The minimum Gasteiger partial charge on any atom is -0.464 e. The maximum absolute atomic E-state index is 11.6. The number of nitrogens with zero attached hydrogens (tertiary/aromatic N) is 2. The van der Waals surface area contributed by atoms with Gasteiger partial charge in [-0.05, 0) is 19.1 Å². The molecule has 2 rings (SSSR count). The summed E-state index contributed by atoms with van der Waals surface area (Å²) >= 11 is 0. The average Bonchev–Trinajstić information content (AvgIpc) is 2.67. The van der Waals surface area contributed by atoms with Crippen LogP contribution in [0, 0.1) is 0 Å². The third-order valence-corrected chi connectivity index (χ3v) is 2.45. The van der Waals surface area contributed by atoms with E-state index in [-0.39, 0.29) is 6.61 Å². The summed E-state index contributed by atoms with van der Waals surface area (Å²) in [5, 5.41) is 0. The first kappa shape index (κ1) is 10.6. The molecule has 0 amide bonds. The van der Waals surface area contributed by atoms with Crippen molar-refractivity contribution in [3.05, 3.63) is 24.4 Å². The zero-order valence-corrected chi connectivity index (χ0v) is 8.87. The van der Waals surface area contributed by atoms with Crippen LogP contribution in [-0.2, 0) is 14.3 Å². The summed E-state index contributed by atoms with van der Waals surface area (Å²) in [7, 11) is 0. The molecule has 5 heteroatoms. The SMILES string of the molecule is CCOC(=O)C1N=C2C=CC=CN2C1C=O. The summed E-state index contributed by atoms with van der Waals surface area (Å²) in [6.07, 6.45) is 7.82. The quantitative estimate of drug-likeness (QED) is 0.506. The van der Waals surface area contributed by atoms with Crippen molar-refractivity contribution in [2.45, 2.75) is 19.0 Å². The molecule has 0 N–H and O–H groups in total. The number of hydrogen-bond acceptors (Lipinski definition) is 5. The molecule has 0 aromatic carbocycles. The van der Waals surface area contributed by atoms with Gasteiger partial charge in [-0.1, -0.05) is 6.08 Å². The summed E-state index contributed by atoms with van der Waals surface area (Å²) in [5.41, 5.74) is 0. The lowest BCUT2D eigenvalue weighted by molar-refractivity contribution is -0.146. The number of esters is 1. The van der Waals surface area contributed by atoms with Gasteiger partial charge in [0, 0.05) is 6.20 Å². The van der Waals surface area contributed by atoms with Crippen molar-refractivity contribution in [2.24, 2.45) is 4.99 Å². The van der Waals surface area contributed by atoms with E-state index in [1.165, 1.54) is 0 Å². The van der Waals surface area contributed by atoms with Crippen molar-refractivity contribution in [1.82, 2.24) is 4.90 Å². The molecule has 0 aromatic rings. The Hall–Kier alpha value is -1.91. The highest BCUT2D eigenvalue weighted by atomic mass is 16.5. The minimum atomic E-state index is -0.750. The first-order valence-corrected chi connectivity index (χ1v) is 5.11. The van der Waals surface area contributed by atoms with Gasteiger partial charge in [-0.25, -0.2) is 4.79 Å². The van der Waals surface area contributed by atoms with Crippen molar-refractivity contribution in [2.75, 3.05) is 6.61 Å². The van der Waals surface area contributed by atoms with E-state index in [1.54, 1.807) is 30.2 Å². The van der Waals surface area contributed by atoms with Gasteiger partial charge in [0.25, 0.3) is 0 Å². The molecule has 0 radical (unpaired) electrons. The van der Waals surface area contributed by atoms with Crippen molar-refractivity contribution in [3.63, 3.8) is 0 Å². The summed E-state index contributed by atoms with van der Waals surface area (Å²) < 4.78 is 4.88. The van der Waals surface area contributed by atoms with Crippen molar-refractivity contribution in [1.29, 1.82) is 0 Å².